The number of rotatable bonds is 10. The van der Waals surface area contributed by atoms with Gasteiger partial charge in [0.05, 0.1) is 50.5 Å². The second-order valence-electron chi connectivity index (χ2n) is 19.4. The molecule has 0 saturated carbocycles. The largest absolute Gasteiger partial charge is 0.399 e. The number of hydrogen-bond donors (Lipinski definition) is 7. The third kappa shape index (κ3) is 11.7. The Bertz CT molecular complexity index is 4150. The SMILES string of the molecule is CC(=O)N1CCN(c2ccc(N)cc2)CC1.CC(=O)N1CCN(c2ccc(Nc3nc(Nc4cccc5[nH]ncc45)c4cc[nH]c4n3)cc2)CC1.Cc1ccc(S(=O)(=O)n2ccc3c(Nc4cccc5[nH]ncc45)nc(Cl)nc32)cc1. The number of hydrogen-bond acceptors (Lipinski definition) is 16. The molecule has 0 spiro atoms. The van der Waals surface area contributed by atoms with Crippen LogP contribution in [0, 0.1) is 6.92 Å². The third-order valence-electron chi connectivity index (χ3n) is 14.1. The zero-order chi connectivity index (χ0) is 56.2. The predicted molar refractivity (Wildman–Crippen MR) is 318 cm³/mol. The molecule has 0 aliphatic carbocycles. The molecule has 24 heteroatoms. The molecule has 412 valence electrons. The molecule has 2 fully saturated rings. The van der Waals surface area contributed by atoms with Crippen LogP contribution in [0.4, 0.5) is 51.7 Å². The van der Waals surface area contributed by atoms with Gasteiger partial charge in [-0.2, -0.15) is 30.1 Å². The van der Waals surface area contributed by atoms with Crippen LogP contribution in [0.25, 0.3) is 43.9 Å². The van der Waals surface area contributed by atoms with E-state index in [0.717, 1.165) is 123 Å². The number of aromatic nitrogens is 10. The van der Waals surface area contributed by atoms with Crippen LogP contribution in [0.5, 0.6) is 0 Å². The molecule has 22 nitrogen and oxygen atoms in total. The maximum atomic E-state index is 13.2. The fourth-order valence-corrected chi connectivity index (χ4v) is 11.2. The molecule has 0 bridgehead atoms. The van der Waals surface area contributed by atoms with E-state index in [4.69, 9.17) is 22.3 Å². The first-order valence-corrected chi connectivity index (χ1v) is 27.9. The highest BCUT2D eigenvalue weighted by atomic mass is 35.5. The number of carbonyl (C=O) groups excluding carboxylic acids is 2. The number of nitrogens with two attached hydrogens (primary N) is 1. The van der Waals surface area contributed by atoms with Crippen molar-refractivity contribution in [3.05, 3.63) is 157 Å². The Balaban J connectivity index is 0.000000136. The minimum absolute atomic E-state index is 0.0663. The molecular weight excluding hydrogens is 1070 g/mol. The average molecular weight is 1130 g/mol. The van der Waals surface area contributed by atoms with Gasteiger partial charge in [0.1, 0.15) is 17.3 Å². The summed E-state index contributed by atoms with van der Waals surface area (Å²) < 4.78 is 27.5. The van der Waals surface area contributed by atoms with Crippen molar-refractivity contribution in [1.82, 2.24) is 59.1 Å². The summed E-state index contributed by atoms with van der Waals surface area (Å²) in [5.74, 6) is 1.89. The first-order valence-electron chi connectivity index (χ1n) is 26.1. The minimum atomic E-state index is -3.85. The predicted octanol–water partition coefficient (Wildman–Crippen LogP) is 9.18. The number of carbonyl (C=O) groups is 2. The number of nitrogens with one attached hydrogen (secondary N) is 6. The first-order chi connectivity index (χ1) is 39.2. The van der Waals surface area contributed by atoms with Gasteiger partial charge in [0.25, 0.3) is 10.0 Å². The molecule has 81 heavy (non-hydrogen) atoms. The van der Waals surface area contributed by atoms with Gasteiger partial charge in [-0.1, -0.05) is 29.8 Å². The van der Waals surface area contributed by atoms with Gasteiger partial charge in [0.15, 0.2) is 5.65 Å². The maximum absolute atomic E-state index is 13.2. The highest BCUT2D eigenvalue weighted by Gasteiger charge is 2.24. The Morgan fingerprint density at radius 3 is 1.69 bits per heavy atom. The zero-order valence-electron chi connectivity index (χ0n) is 44.4. The van der Waals surface area contributed by atoms with Crippen LogP contribution >= 0.6 is 11.6 Å². The van der Waals surface area contributed by atoms with E-state index in [2.05, 4.69) is 78.2 Å². The molecule has 2 aliphatic heterocycles. The molecule has 2 saturated heterocycles. The summed E-state index contributed by atoms with van der Waals surface area (Å²) >= 11 is 6.14. The Hall–Kier alpha value is -9.74. The van der Waals surface area contributed by atoms with Crippen molar-refractivity contribution in [3.63, 3.8) is 0 Å². The number of H-pyrrole nitrogens is 3. The number of nitrogen functional groups attached to an aromatic ring is 1. The summed E-state index contributed by atoms with van der Waals surface area (Å²) in [5, 5.41) is 27.3. The maximum Gasteiger partial charge on any atom is 0.269 e. The van der Waals surface area contributed by atoms with E-state index >= 15 is 0 Å². The number of fused-ring (bicyclic) bond motifs is 4. The normalized spacial score (nSPS) is 13.7. The van der Waals surface area contributed by atoms with Gasteiger partial charge in [-0.3, -0.25) is 19.8 Å². The summed E-state index contributed by atoms with van der Waals surface area (Å²) in [5.41, 5.74) is 15.0. The molecule has 6 aromatic heterocycles. The van der Waals surface area contributed by atoms with Gasteiger partial charge in [-0.15, -0.1) is 0 Å². The lowest BCUT2D eigenvalue weighted by molar-refractivity contribution is -0.129. The smallest absolute Gasteiger partial charge is 0.269 e. The average Bonchev–Trinajstić information content (AvgIpc) is 4.54. The lowest BCUT2D eigenvalue weighted by atomic mass is 10.2. The molecule has 5 aromatic carbocycles. The van der Waals surface area contributed by atoms with Crippen molar-refractivity contribution in [3.8, 4) is 0 Å². The van der Waals surface area contributed by atoms with Crippen molar-refractivity contribution in [2.45, 2.75) is 25.7 Å². The van der Waals surface area contributed by atoms with Crippen LogP contribution in [-0.2, 0) is 19.6 Å². The fraction of sp³-hybridized carbons (Fsp3) is 0.193. The summed E-state index contributed by atoms with van der Waals surface area (Å²) in [4.78, 5) is 52.3. The number of halogens is 1. The summed E-state index contributed by atoms with van der Waals surface area (Å²) in [6.07, 6.45) is 6.81. The van der Waals surface area contributed by atoms with Gasteiger partial charge in [-0.05, 0) is 116 Å². The number of piperazine rings is 2. The van der Waals surface area contributed by atoms with Gasteiger partial charge in [0, 0.05) is 112 Å². The number of benzene rings is 5. The van der Waals surface area contributed by atoms with Crippen LogP contribution in [0.3, 0.4) is 0 Å². The highest BCUT2D eigenvalue weighted by Crippen LogP contribution is 2.33. The molecule has 0 unspecified atom stereocenters. The third-order valence-corrected chi connectivity index (χ3v) is 16.0. The molecule has 13 rings (SSSR count). The van der Waals surface area contributed by atoms with Gasteiger partial charge >= 0.3 is 0 Å². The van der Waals surface area contributed by atoms with Gasteiger partial charge in [-0.25, -0.2) is 12.4 Å². The summed E-state index contributed by atoms with van der Waals surface area (Å²) in [6, 6.07) is 37.9. The lowest BCUT2D eigenvalue weighted by Gasteiger charge is -2.35. The summed E-state index contributed by atoms with van der Waals surface area (Å²) in [6.45, 7) is 11.7. The Morgan fingerprint density at radius 1 is 0.593 bits per heavy atom. The number of aromatic amines is 3. The fourth-order valence-electron chi connectivity index (χ4n) is 9.71. The summed E-state index contributed by atoms with van der Waals surface area (Å²) in [7, 11) is -3.85. The van der Waals surface area contributed by atoms with Crippen LogP contribution in [0.1, 0.15) is 19.4 Å². The van der Waals surface area contributed by atoms with Crippen molar-refractivity contribution in [2.75, 3.05) is 83.8 Å². The van der Waals surface area contributed by atoms with Gasteiger partial charge < -0.3 is 46.3 Å². The second-order valence-corrected chi connectivity index (χ2v) is 21.6. The number of nitrogens with zero attached hydrogens (tertiary/aromatic N) is 11. The van der Waals surface area contributed by atoms with E-state index in [1.54, 1.807) is 56.6 Å². The Labute approximate surface area is 470 Å². The second kappa shape index (κ2) is 22.9. The van der Waals surface area contributed by atoms with E-state index in [-0.39, 0.29) is 27.6 Å². The lowest BCUT2D eigenvalue weighted by Crippen LogP contribution is -2.48. The number of amides is 2. The van der Waals surface area contributed by atoms with Crippen LogP contribution < -0.4 is 31.5 Å². The van der Waals surface area contributed by atoms with Crippen LogP contribution in [-0.4, -0.2) is 132 Å². The monoisotopic (exact) mass is 1120 g/mol. The first kappa shape index (κ1) is 53.3. The molecule has 2 aliphatic rings. The van der Waals surface area contributed by atoms with Crippen molar-refractivity contribution in [2.24, 2.45) is 0 Å². The molecule has 8 heterocycles. The molecule has 11 aromatic rings. The van der Waals surface area contributed by atoms with E-state index in [1.807, 2.05) is 102 Å². The topological polar surface area (TPSA) is 273 Å². The minimum Gasteiger partial charge on any atom is -0.399 e. The number of anilines is 9. The Morgan fingerprint density at radius 2 is 1.14 bits per heavy atom. The molecule has 2 amide bonds. The molecular formula is C57H57ClN18O4S. The molecule has 0 radical (unpaired) electrons. The standard InChI is InChI=1S/C25H25N9O.C20H15ClN6O2S.C12H17N3O/c1-16(35)33-11-13-34(14-12-33)18-7-5-17(6-8-18)28-25-30-23-19(9-10-26-23)24(31-25)29-21-3-2-4-22-20(21)15-27-32-22;1-12-5-7-13(8-6-12)30(28,29)27-10-9-14-18(24-20(21)25-19(14)27)23-16-3-2-4-17-15(16)11-22-26-17;1-10(16)14-6-8-15(9-7-14)12-4-2-11(13)3-5-12/h2-10,15H,11-14H2,1H3,(H,27,32)(H3,26,28,29,30,31);2-11H,1H3,(H,22,26)(H,23,24,25);2-5H,6-9,13H2,1H3. The number of aryl methyl sites for hydroxylation is 1. The quantitative estimate of drug-likeness (QED) is 0.0497. The van der Waals surface area contributed by atoms with Crippen molar-refractivity contribution < 1.29 is 18.0 Å². The van der Waals surface area contributed by atoms with Crippen LogP contribution in [0.15, 0.2) is 151 Å². The van der Waals surface area contributed by atoms with Crippen LogP contribution in [0.2, 0.25) is 5.28 Å². The highest BCUT2D eigenvalue weighted by molar-refractivity contribution is 7.90. The van der Waals surface area contributed by atoms with E-state index < -0.39 is 10.0 Å². The zero-order valence-corrected chi connectivity index (χ0v) is 46.0. The van der Waals surface area contributed by atoms with Gasteiger partial charge in [0.2, 0.25) is 23.0 Å². The Kier molecular flexibility index (Phi) is 15.1. The molecule has 0 atom stereocenters. The van der Waals surface area contributed by atoms with E-state index in [0.29, 0.717) is 23.0 Å². The van der Waals surface area contributed by atoms with E-state index in [9.17, 15) is 18.0 Å². The van der Waals surface area contributed by atoms with Crippen molar-refractivity contribution >= 4 is 129 Å². The van der Waals surface area contributed by atoms with Crippen molar-refractivity contribution in [1.29, 1.82) is 0 Å². The van der Waals surface area contributed by atoms with E-state index in [1.165, 1.54) is 11.9 Å². The molecule has 8 N–H and O–H groups in total.